The highest BCUT2D eigenvalue weighted by molar-refractivity contribution is 6.00. The summed E-state index contributed by atoms with van der Waals surface area (Å²) in [5, 5.41) is 17.5. The van der Waals surface area contributed by atoms with Gasteiger partial charge in [-0.2, -0.15) is 5.10 Å². The van der Waals surface area contributed by atoms with Crippen LogP contribution in [-0.4, -0.2) is 25.8 Å². The topological polar surface area (TPSA) is 70.9 Å². The Morgan fingerprint density at radius 1 is 1.25 bits per heavy atom. The fraction of sp³-hybridized carbons (Fsp3) is 0.360. The summed E-state index contributed by atoms with van der Waals surface area (Å²) in [6, 6.07) is 6.83. The summed E-state index contributed by atoms with van der Waals surface area (Å²) in [5.74, 6) is -1.90. The molecule has 1 aliphatic carbocycles. The lowest BCUT2D eigenvalue weighted by molar-refractivity contribution is -0.141. The molecule has 0 spiro atoms. The summed E-state index contributed by atoms with van der Waals surface area (Å²) in [4.78, 5) is 11.6. The second kappa shape index (κ2) is 7.43. The van der Waals surface area contributed by atoms with Gasteiger partial charge >= 0.3 is 5.97 Å². The summed E-state index contributed by atoms with van der Waals surface area (Å²) < 4.78 is 32.0. The van der Waals surface area contributed by atoms with Crippen molar-refractivity contribution in [2.75, 3.05) is 0 Å². The van der Waals surface area contributed by atoms with Gasteiger partial charge in [0.2, 0.25) is 0 Å². The molecule has 5 nitrogen and oxygen atoms in total. The van der Waals surface area contributed by atoms with E-state index in [2.05, 4.69) is 24.0 Å². The number of nitrogens with zero attached hydrogens (tertiary/aromatic N) is 2. The molecule has 0 radical (unpaired) electrons. The number of aryl methyl sites for hydroxylation is 1. The number of H-pyrrole nitrogens is 1. The lowest BCUT2D eigenvalue weighted by Crippen LogP contribution is -2.10. The molecule has 2 heterocycles. The number of fused-ring (bicyclic) bond motifs is 2. The Hall–Kier alpha value is -3.22. The fourth-order valence-corrected chi connectivity index (χ4v) is 5.35. The predicted octanol–water partition coefficient (Wildman–Crippen LogP) is 6.19. The molecule has 0 saturated heterocycles. The van der Waals surface area contributed by atoms with Crippen molar-refractivity contribution in [1.29, 1.82) is 0 Å². The molecule has 166 valence electrons. The van der Waals surface area contributed by atoms with Crippen molar-refractivity contribution in [3.05, 3.63) is 58.9 Å². The molecule has 2 unspecified atom stereocenters. The van der Waals surface area contributed by atoms with E-state index < -0.39 is 11.9 Å². The van der Waals surface area contributed by atoms with E-state index in [-0.39, 0.29) is 23.5 Å². The zero-order chi connectivity index (χ0) is 22.7. The van der Waals surface area contributed by atoms with E-state index in [1.165, 1.54) is 6.07 Å². The van der Waals surface area contributed by atoms with Crippen LogP contribution in [0, 0.1) is 24.5 Å². The monoisotopic (exact) mass is 437 g/mol. The third-order valence-corrected chi connectivity index (χ3v) is 6.82. The number of aliphatic carboxylic acids is 1. The van der Waals surface area contributed by atoms with Gasteiger partial charge in [0, 0.05) is 22.2 Å². The third kappa shape index (κ3) is 3.02. The van der Waals surface area contributed by atoms with E-state index in [0.717, 1.165) is 16.9 Å². The Kier molecular flexibility index (Phi) is 4.80. The Morgan fingerprint density at radius 3 is 2.69 bits per heavy atom. The number of halogens is 2. The minimum absolute atomic E-state index is 0.0440. The number of carboxylic acids is 1. The van der Waals surface area contributed by atoms with E-state index >= 15 is 4.39 Å². The van der Waals surface area contributed by atoms with Crippen LogP contribution in [0.25, 0.3) is 27.5 Å². The van der Waals surface area contributed by atoms with Crippen LogP contribution < -0.4 is 0 Å². The van der Waals surface area contributed by atoms with Gasteiger partial charge in [-0.1, -0.05) is 13.8 Å². The number of hydrogen-bond donors (Lipinski definition) is 2. The maximum absolute atomic E-state index is 15.9. The highest BCUT2D eigenvalue weighted by Gasteiger charge is 2.36. The molecule has 2 atom stereocenters. The first-order valence-corrected chi connectivity index (χ1v) is 11.0. The minimum atomic E-state index is -0.798. The van der Waals surface area contributed by atoms with Gasteiger partial charge < -0.3 is 9.67 Å². The van der Waals surface area contributed by atoms with E-state index in [4.69, 9.17) is 0 Å². The van der Waals surface area contributed by atoms with E-state index in [1.54, 1.807) is 25.3 Å². The maximum atomic E-state index is 15.9. The van der Waals surface area contributed by atoms with E-state index in [1.807, 2.05) is 10.6 Å². The molecule has 2 N–H and O–H groups in total. The summed E-state index contributed by atoms with van der Waals surface area (Å²) in [6.07, 6.45) is 3.35. The predicted molar refractivity (Wildman–Crippen MR) is 119 cm³/mol. The molecule has 1 fully saturated rings. The van der Waals surface area contributed by atoms with Crippen molar-refractivity contribution in [2.45, 2.75) is 51.9 Å². The van der Waals surface area contributed by atoms with Crippen molar-refractivity contribution in [3.63, 3.8) is 0 Å². The SMILES string of the molecule is Cc1cc(-n2c(C(C)C)c(C3CCC(C(=O)O)C3)c3c(F)c4[nH]ncc4cc32)ccc1F. The number of carbonyl (C=O) groups is 1. The highest BCUT2D eigenvalue weighted by atomic mass is 19.1. The smallest absolute Gasteiger partial charge is 0.306 e. The molecule has 1 saturated carbocycles. The summed E-state index contributed by atoms with van der Waals surface area (Å²) in [7, 11) is 0. The molecule has 2 aromatic carbocycles. The number of rotatable bonds is 4. The standard InChI is InChI=1S/C25H25F2N3O2/c1-12(2)24-20(14-4-5-15(9-14)25(31)32)21-19(10-16-11-28-29-23(16)22(21)27)30(24)17-6-7-18(26)13(3)8-17/h6-8,10-12,14-15H,4-5,9H2,1-3H3,(H,28,29)(H,31,32). The first-order valence-electron chi connectivity index (χ1n) is 11.0. The van der Waals surface area contributed by atoms with Gasteiger partial charge in [0.05, 0.1) is 17.6 Å². The molecular weight excluding hydrogens is 412 g/mol. The Bertz CT molecular complexity index is 1370. The zero-order valence-corrected chi connectivity index (χ0v) is 18.2. The molecule has 7 heteroatoms. The highest BCUT2D eigenvalue weighted by Crippen LogP contribution is 2.48. The molecule has 32 heavy (non-hydrogen) atoms. The van der Waals surface area contributed by atoms with Crippen LogP contribution in [0.5, 0.6) is 0 Å². The number of aromatic nitrogens is 3. The first-order chi connectivity index (χ1) is 15.3. The van der Waals surface area contributed by atoms with Crippen LogP contribution in [0.2, 0.25) is 0 Å². The number of hydrogen-bond acceptors (Lipinski definition) is 2. The molecule has 4 aromatic rings. The Balaban J connectivity index is 1.88. The Labute approximate surface area is 184 Å². The molecule has 0 bridgehead atoms. The summed E-state index contributed by atoms with van der Waals surface area (Å²) in [5.41, 5.74) is 4.13. The van der Waals surface area contributed by atoms with Gasteiger partial charge in [-0.05, 0) is 73.4 Å². The third-order valence-electron chi connectivity index (χ3n) is 6.82. The largest absolute Gasteiger partial charge is 0.481 e. The van der Waals surface area contributed by atoms with Gasteiger partial charge in [0.1, 0.15) is 11.3 Å². The number of carboxylic acid groups (broad SMARTS) is 1. The van der Waals surface area contributed by atoms with E-state index in [0.29, 0.717) is 46.6 Å². The number of aromatic amines is 1. The average Bonchev–Trinajstić information content (AvgIpc) is 3.46. The van der Waals surface area contributed by atoms with Gasteiger partial charge in [-0.25, -0.2) is 8.78 Å². The molecule has 2 aromatic heterocycles. The normalized spacial score (nSPS) is 18.9. The second-order valence-electron chi connectivity index (χ2n) is 9.19. The Morgan fingerprint density at radius 2 is 2.03 bits per heavy atom. The fourth-order valence-electron chi connectivity index (χ4n) is 5.35. The van der Waals surface area contributed by atoms with E-state index in [9.17, 15) is 14.3 Å². The van der Waals surface area contributed by atoms with Crippen LogP contribution in [0.4, 0.5) is 8.78 Å². The van der Waals surface area contributed by atoms with Crippen LogP contribution in [0.3, 0.4) is 0 Å². The van der Waals surface area contributed by atoms with Crippen LogP contribution >= 0.6 is 0 Å². The first kappa shape index (κ1) is 20.7. The van der Waals surface area contributed by atoms with Crippen molar-refractivity contribution in [3.8, 4) is 5.69 Å². The van der Waals surface area contributed by atoms with Crippen LogP contribution in [0.15, 0.2) is 30.5 Å². The number of nitrogens with one attached hydrogen (secondary N) is 1. The van der Waals surface area contributed by atoms with Gasteiger partial charge in [0.25, 0.3) is 0 Å². The summed E-state index contributed by atoms with van der Waals surface area (Å²) >= 11 is 0. The number of benzene rings is 2. The van der Waals surface area contributed by atoms with Crippen molar-refractivity contribution < 1.29 is 18.7 Å². The molecule has 0 amide bonds. The van der Waals surface area contributed by atoms with Crippen molar-refractivity contribution in [1.82, 2.24) is 14.8 Å². The summed E-state index contributed by atoms with van der Waals surface area (Å²) in [6.45, 7) is 5.82. The molecular formula is C25H25F2N3O2. The molecule has 0 aliphatic heterocycles. The van der Waals surface area contributed by atoms with Crippen LogP contribution in [-0.2, 0) is 4.79 Å². The van der Waals surface area contributed by atoms with Gasteiger partial charge in [0.15, 0.2) is 5.82 Å². The van der Waals surface area contributed by atoms with Gasteiger partial charge in [-0.15, -0.1) is 0 Å². The molecule has 1 aliphatic rings. The quantitative estimate of drug-likeness (QED) is 0.400. The molecule has 5 rings (SSSR count). The van der Waals surface area contributed by atoms with Crippen LogP contribution in [0.1, 0.15) is 61.8 Å². The average molecular weight is 437 g/mol. The van der Waals surface area contributed by atoms with Crippen molar-refractivity contribution >= 4 is 27.8 Å². The minimum Gasteiger partial charge on any atom is -0.481 e. The lowest BCUT2D eigenvalue weighted by atomic mass is 9.89. The van der Waals surface area contributed by atoms with Crippen molar-refractivity contribution in [2.24, 2.45) is 5.92 Å². The lowest BCUT2D eigenvalue weighted by Gasteiger charge is -2.19. The zero-order valence-electron chi connectivity index (χ0n) is 18.2. The van der Waals surface area contributed by atoms with Gasteiger partial charge in [-0.3, -0.25) is 9.89 Å². The second-order valence-corrected chi connectivity index (χ2v) is 9.19. The maximum Gasteiger partial charge on any atom is 0.306 e.